The maximum Gasteiger partial charge on any atom is 0.0277 e. The first-order chi connectivity index (χ1) is 7.93. The van der Waals surface area contributed by atoms with Gasteiger partial charge in [-0.05, 0) is 35.5 Å². The van der Waals surface area contributed by atoms with E-state index in [0.717, 1.165) is 11.8 Å². The molecule has 2 aliphatic rings. The van der Waals surface area contributed by atoms with Crippen molar-refractivity contribution in [3.63, 3.8) is 0 Å². The first-order valence-corrected chi connectivity index (χ1v) is 7.39. The Kier molecular flexibility index (Phi) is 3.57. The van der Waals surface area contributed by atoms with E-state index >= 15 is 0 Å². The minimum absolute atomic E-state index is 0.441. The minimum atomic E-state index is 0.441. The number of nitrogens with two attached hydrogens (primary N) is 1. The summed E-state index contributed by atoms with van der Waals surface area (Å²) in [5.41, 5.74) is 4.05. The molecule has 0 bridgehead atoms. The van der Waals surface area contributed by atoms with Gasteiger partial charge in [0.15, 0.2) is 0 Å². The number of nitrogens with one attached hydrogen (secondary N) is 1. The SMILES string of the molecule is CC1(C)C(C(NN)C2CCCCCC2)C1(C)C. The molecule has 1 unspecified atom stereocenters. The molecule has 0 radical (unpaired) electrons. The third kappa shape index (κ3) is 2.15. The monoisotopic (exact) mass is 238 g/mol. The summed E-state index contributed by atoms with van der Waals surface area (Å²) in [5, 5.41) is 0. The van der Waals surface area contributed by atoms with E-state index in [9.17, 15) is 0 Å². The second kappa shape index (κ2) is 4.55. The van der Waals surface area contributed by atoms with Gasteiger partial charge >= 0.3 is 0 Å². The van der Waals surface area contributed by atoms with Gasteiger partial charge in [-0.25, -0.2) is 0 Å². The maximum absolute atomic E-state index is 5.89. The predicted octanol–water partition coefficient (Wildman–Crippen LogP) is 3.47. The van der Waals surface area contributed by atoms with Crippen LogP contribution in [-0.2, 0) is 0 Å². The lowest BCUT2D eigenvalue weighted by Crippen LogP contribution is -2.44. The number of hydrogen-bond acceptors (Lipinski definition) is 2. The standard InChI is InChI=1S/C15H30N2/c1-14(2)13(15(14,3)4)12(17-16)11-9-7-5-6-8-10-11/h11-13,17H,5-10,16H2,1-4H3. The molecule has 0 amide bonds. The summed E-state index contributed by atoms with van der Waals surface area (Å²) in [4.78, 5) is 0. The van der Waals surface area contributed by atoms with Crippen molar-refractivity contribution in [1.29, 1.82) is 0 Å². The molecular formula is C15H30N2. The van der Waals surface area contributed by atoms with E-state index in [1.54, 1.807) is 0 Å². The highest BCUT2D eigenvalue weighted by Gasteiger charge is 2.67. The number of hydrogen-bond donors (Lipinski definition) is 2. The van der Waals surface area contributed by atoms with Crippen LogP contribution in [0.25, 0.3) is 0 Å². The average Bonchev–Trinajstić information content (AvgIpc) is 2.80. The molecule has 2 aliphatic carbocycles. The second-order valence-corrected chi connectivity index (χ2v) is 7.37. The summed E-state index contributed by atoms with van der Waals surface area (Å²) >= 11 is 0. The highest BCUT2D eigenvalue weighted by atomic mass is 15.2. The van der Waals surface area contributed by atoms with E-state index < -0.39 is 0 Å². The van der Waals surface area contributed by atoms with Gasteiger partial charge in [0.05, 0.1) is 0 Å². The fourth-order valence-electron chi connectivity index (χ4n) is 4.32. The summed E-state index contributed by atoms with van der Waals surface area (Å²) in [5.74, 6) is 7.43. The molecule has 0 saturated heterocycles. The lowest BCUT2D eigenvalue weighted by Gasteiger charge is -2.27. The van der Waals surface area contributed by atoms with E-state index in [-0.39, 0.29) is 0 Å². The van der Waals surface area contributed by atoms with E-state index in [4.69, 9.17) is 5.84 Å². The van der Waals surface area contributed by atoms with Crippen molar-refractivity contribution in [1.82, 2.24) is 5.43 Å². The predicted molar refractivity (Wildman–Crippen MR) is 73.4 cm³/mol. The van der Waals surface area contributed by atoms with Crippen molar-refractivity contribution in [2.75, 3.05) is 0 Å². The average molecular weight is 238 g/mol. The molecule has 0 aliphatic heterocycles. The van der Waals surface area contributed by atoms with Gasteiger partial charge in [-0.2, -0.15) is 0 Å². The summed E-state index contributed by atoms with van der Waals surface area (Å²) in [6.07, 6.45) is 8.39. The van der Waals surface area contributed by atoms with Gasteiger partial charge in [0.2, 0.25) is 0 Å². The molecule has 0 spiro atoms. The van der Waals surface area contributed by atoms with Crippen LogP contribution < -0.4 is 11.3 Å². The van der Waals surface area contributed by atoms with Crippen LogP contribution in [0.2, 0.25) is 0 Å². The Hall–Kier alpha value is -0.0800. The Bertz CT molecular complexity index is 248. The van der Waals surface area contributed by atoms with Crippen LogP contribution >= 0.6 is 0 Å². The summed E-state index contributed by atoms with van der Waals surface area (Å²) in [6.45, 7) is 9.61. The molecule has 0 aromatic carbocycles. The molecule has 2 saturated carbocycles. The second-order valence-electron chi connectivity index (χ2n) is 7.37. The Morgan fingerprint density at radius 2 is 1.41 bits per heavy atom. The molecular weight excluding hydrogens is 208 g/mol. The van der Waals surface area contributed by atoms with Crippen LogP contribution in [0.5, 0.6) is 0 Å². The third-order valence-corrected chi connectivity index (χ3v) is 6.09. The van der Waals surface area contributed by atoms with Crippen molar-refractivity contribution < 1.29 is 0 Å². The van der Waals surface area contributed by atoms with Crippen LogP contribution in [0.1, 0.15) is 66.2 Å². The molecule has 0 heterocycles. The van der Waals surface area contributed by atoms with Crippen LogP contribution in [0.4, 0.5) is 0 Å². The number of hydrazine groups is 1. The zero-order valence-corrected chi connectivity index (χ0v) is 12.1. The smallest absolute Gasteiger partial charge is 0.0277 e. The van der Waals surface area contributed by atoms with Crippen molar-refractivity contribution >= 4 is 0 Å². The molecule has 0 aromatic rings. The lowest BCUT2D eigenvalue weighted by molar-refractivity contribution is 0.263. The van der Waals surface area contributed by atoms with Gasteiger partial charge in [0.1, 0.15) is 0 Å². The quantitative estimate of drug-likeness (QED) is 0.449. The maximum atomic E-state index is 5.89. The molecule has 0 aromatic heterocycles. The van der Waals surface area contributed by atoms with Crippen molar-refractivity contribution in [3.8, 4) is 0 Å². The lowest BCUT2D eigenvalue weighted by atomic mass is 9.86. The molecule has 1 atom stereocenters. The first-order valence-electron chi connectivity index (χ1n) is 7.39. The molecule has 100 valence electrons. The van der Waals surface area contributed by atoms with Crippen molar-refractivity contribution in [2.24, 2.45) is 28.5 Å². The largest absolute Gasteiger partial charge is 0.271 e. The molecule has 3 N–H and O–H groups in total. The summed E-state index contributed by atoms with van der Waals surface area (Å²) in [6, 6.07) is 0.526. The normalized spacial score (nSPS) is 30.9. The summed E-state index contributed by atoms with van der Waals surface area (Å²) < 4.78 is 0. The molecule has 2 heteroatoms. The Morgan fingerprint density at radius 3 is 1.76 bits per heavy atom. The zero-order chi connectivity index (χ0) is 12.7. The van der Waals surface area contributed by atoms with Crippen LogP contribution in [-0.4, -0.2) is 6.04 Å². The van der Waals surface area contributed by atoms with Gasteiger partial charge < -0.3 is 0 Å². The molecule has 2 rings (SSSR count). The van der Waals surface area contributed by atoms with E-state index in [1.165, 1.54) is 38.5 Å². The Labute approximate surface area is 107 Å². The fraction of sp³-hybridized carbons (Fsp3) is 1.00. The topological polar surface area (TPSA) is 38.0 Å². The van der Waals surface area contributed by atoms with E-state index in [0.29, 0.717) is 16.9 Å². The summed E-state index contributed by atoms with van der Waals surface area (Å²) in [7, 11) is 0. The minimum Gasteiger partial charge on any atom is -0.271 e. The molecule has 2 fully saturated rings. The van der Waals surface area contributed by atoms with Gasteiger partial charge in [0, 0.05) is 6.04 Å². The van der Waals surface area contributed by atoms with Gasteiger partial charge in [0.25, 0.3) is 0 Å². The third-order valence-electron chi connectivity index (χ3n) is 6.09. The van der Waals surface area contributed by atoms with Crippen LogP contribution in [0, 0.1) is 22.7 Å². The van der Waals surface area contributed by atoms with Gasteiger partial charge in [-0.3, -0.25) is 11.3 Å². The van der Waals surface area contributed by atoms with Crippen molar-refractivity contribution in [2.45, 2.75) is 72.3 Å². The van der Waals surface area contributed by atoms with Crippen LogP contribution in [0.15, 0.2) is 0 Å². The van der Waals surface area contributed by atoms with E-state index in [2.05, 4.69) is 33.1 Å². The highest BCUT2D eigenvalue weighted by Crippen LogP contribution is 2.70. The first kappa shape index (κ1) is 13.4. The highest BCUT2D eigenvalue weighted by molar-refractivity contribution is 5.16. The Morgan fingerprint density at radius 1 is 0.941 bits per heavy atom. The van der Waals surface area contributed by atoms with Crippen LogP contribution in [0.3, 0.4) is 0 Å². The molecule has 17 heavy (non-hydrogen) atoms. The Balaban J connectivity index is 2.07. The van der Waals surface area contributed by atoms with Gasteiger partial charge in [-0.1, -0.05) is 53.4 Å². The van der Waals surface area contributed by atoms with Crippen molar-refractivity contribution in [3.05, 3.63) is 0 Å². The van der Waals surface area contributed by atoms with Gasteiger partial charge in [-0.15, -0.1) is 0 Å². The fourth-order valence-corrected chi connectivity index (χ4v) is 4.32. The van der Waals surface area contributed by atoms with E-state index in [1.807, 2.05) is 0 Å². The molecule has 2 nitrogen and oxygen atoms in total. The number of rotatable bonds is 3. The zero-order valence-electron chi connectivity index (χ0n) is 12.1.